The van der Waals surface area contributed by atoms with Gasteiger partial charge in [0.1, 0.15) is 5.52 Å². The zero-order chi connectivity index (χ0) is 13.7. The third kappa shape index (κ3) is 1.64. The van der Waals surface area contributed by atoms with E-state index in [4.69, 9.17) is 10.2 Å². The summed E-state index contributed by atoms with van der Waals surface area (Å²) in [6.45, 7) is 1.99. The standard InChI is InChI=1S/C15H12N4O/c1-8-17-11-4-2-9(6-12(11)18-8)15-19-13-7-10(16)3-5-14(13)20-15/h2-7H,16H2,1H3,(H,17,18)/p+1. The van der Waals surface area contributed by atoms with Crippen LogP contribution in [-0.4, -0.2) is 9.97 Å². The van der Waals surface area contributed by atoms with Crippen LogP contribution < -0.4 is 10.7 Å². The maximum absolute atomic E-state index is 5.77. The second-order valence-electron chi connectivity index (χ2n) is 4.88. The molecule has 5 heteroatoms. The summed E-state index contributed by atoms with van der Waals surface area (Å²) in [6, 6.07) is 11.5. The SMILES string of the molecule is Cc1[nH]c2cc(-c3nc4cc(N)ccc4o3)ccc2[nH+]1. The van der Waals surface area contributed by atoms with E-state index >= 15 is 0 Å². The molecule has 4 rings (SSSR count). The monoisotopic (exact) mass is 265 g/mol. The fourth-order valence-corrected chi connectivity index (χ4v) is 2.39. The van der Waals surface area contributed by atoms with Gasteiger partial charge in [-0.3, -0.25) is 0 Å². The molecule has 20 heavy (non-hydrogen) atoms. The predicted molar refractivity (Wildman–Crippen MR) is 77.0 cm³/mol. The van der Waals surface area contributed by atoms with E-state index in [1.807, 2.05) is 43.3 Å². The van der Waals surface area contributed by atoms with Crippen molar-refractivity contribution in [2.45, 2.75) is 6.92 Å². The largest absolute Gasteiger partial charge is 0.436 e. The van der Waals surface area contributed by atoms with Gasteiger partial charge in [0.25, 0.3) is 0 Å². The molecular formula is C15H13N4O+. The van der Waals surface area contributed by atoms with E-state index < -0.39 is 0 Å². The lowest BCUT2D eigenvalue weighted by Crippen LogP contribution is -2.00. The second kappa shape index (κ2) is 3.84. The smallest absolute Gasteiger partial charge is 0.249 e. The molecule has 0 aliphatic heterocycles. The van der Waals surface area contributed by atoms with Gasteiger partial charge >= 0.3 is 0 Å². The summed E-state index contributed by atoms with van der Waals surface area (Å²) in [4.78, 5) is 11.0. The Labute approximate surface area is 114 Å². The predicted octanol–water partition coefficient (Wildman–Crippen LogP) is 2.68. The molecule has 0 unspecified atom stereocenters. The number of H-pyrrole nitrogens is 2. The summed E-state index contributed by atoms with van der Waals surface area (Å²) in [5.74, 6) is 1.61. The first-order valence-electron chi connectivity index (χ1n) is 6.37. The van der Waals surface area contributed by atoms with Crippen LogP contribution in [0.5, 0.6) is 0 Å². The maximum Gasteiger partial charge on any atom is 0.249 e. The fourth-order valence-electron chi connectivity index (χ4n) is 2.39. The zero-order valence-corrected chi connectivity index (χ0v) is 10.9. The van der Waals surface area contributed by atoms with E-state index in [1.165, 1.54) is 0 Å². The third-order valence-corrected chi connectivity index (χ3v) is 3.32. The first-order chi connectivity index (χ1) is 9.69. The van der Waals surface area contributed by atoms with Crippen LogP contribution in [0.25, 0.3) is 33.6 Å². The van der Waals surface area contributed by atoms with Gasteiger partial charge in [-0.05, 0) is 30.3 Å². The second-order valence-corrected chi connectivity index (χ2v) is 4.88. The molecule has 2 aromatic heterocycles. The summed E-state index contributed by atoms with van der Waals surface area (Å²) >= 11 is 0. The molecule has 0 spiro atoms. The average Bonchev–Trinajstić information content (AvgIpc) is 2.99. The van der Waals surface area contributed by atoms with Gasteiger partial charge in [-0.25, -0.2) is 15.0 Å². The van der Waals surface area contributed by atoms with E-state index in [0.717, 1.165) is 33.5 Å². The van der Waals surface area contributed by atoms with Gasteiger partial charge in [0.2, 0.25) is 11.7 Å². The number of fused-ring (bicyclic) bond motifs is 2. The molecule has 0 aliphatic carbocycles. The highest BCUT2D eigenvalue weighted by Gasteiger charge is 2.12. The highest BCUT2D eigenvalue weighted by atomic mass is 16.3. The van der Waals surface area contributed by atoms with E-state index in [1.54, 1.807) is 0 Å². The Balaban J connectivity index is 1.90. The molecule has 0 saturated carbocycles. The molecule has 0 saturated heterocycles. The molecule has 4 N–H and O–H groups in total. The number of aromatic amines is 2. The van der Waals surface area contributed by atoms with E-state index in [2.05, 4.69) is 15.0 Å². The first-order valence-corrected chi connectivity index (χ1v) is 6.37. The number of imidazole rings is 1. The van der Waals surface area contributed by atoms with Crippen molar-refractivity contribution < 1.29 is 9.40 Å². The molecule has 0 fully saturated rings. The van der Waals surface area contributed by atoms with Gasteiger partial charge in [-0.1, -0.05) is 0 Å². The molecule has 0 atom stereocenters. The van der Waals surface area contributed by atoms with E-state index in [9.17, 15) is 0 Å². The number of aromatic nitrogens is 3. The number of nitrogens with two attached hydrogens (primary N) is 1. The Morgan fingerprint density at radius 1 is 1.20 bits per heavy atom. The quantitative estimate of drug-likeness (QED) is 0.519. The minimum absolute atomic E-state index is 0.597. The molecule has 0 bridgehead atoms. The molecular weight excluding hydrogens is 252 g/mol. The highest BCUT2D eigenvalue weighted by molar-refractivity contribution is 5.82. The zero-order valence-electron chi connectivity index (χ0n) is 10.9. The molecule has 2 aromatic carbocycles. The Bertz CT molecular complexity index is 936. The van der Waals surface area contributed by atoms with Gasteiger partial charge in [0, 0.05) is 24.2 Å². The molecule has 0 amide bonds. The maximum atomic E-state index is 5.77. The number of benzene rings is 2. The number of rotatable bonds is 1. The lowest BCUT2D eigenvalue weighted by atomic mass is 10.2. The number of aryl methyl sites for hydroxylation is 1. The van der Waals surface area contributed by atoms with E-state index in [0.29, 0.717) is 11.6 Å². The number of hydrogen-bond acceptors (Lipinski definition) is 3. The lowest BCUT2D eigenvalue weighted by molar-refractivity contribution is -0.354. The summed E-state index contributed by atoms with van der Waals surface area (Å²) < 4.78 is 5.77. The van der Waals surface area contributed by atoms with Gasteiger partial charge in [-0.2, -0.15) is 0 Å². The number of oxazole rings is 1. The van der Waals surface area contributed by atoms with Crippen LogP contribution in [0.2, 0.25) is 0 Å². The van der Waals surface area contributed by atoms with Crippen molar-refractivity contribution in [3.05, 3.63) is 42.2 Å². The number of nitrogens with zero attached hydrogens (tertiary/aromatic N) is 1. The van der Waals surface area contributed by atoms with Crippen molar-refractivity contribution in [2.75, 3.05) is 5.73 Å². The Morgan fingerprint density at radius 3 is 3.00 bits per heavy atom. The van der Waals surface area contributed by atoms with Gasteiger partial charge < -0.3 is 10.2 Å². The van der Waals surface area contributed by atoms with Crippen molar-refractivity contribution in [2.24, 2.45) is 0 Å². The summed E-state index contributed by atoms with van der Waals surface area (Å²) in [5.41, 5.74) is 11.0. The molecule has 5 nitrogen and oxygen atoms in total. The third-order valence-electron chi connectivity index (χ3n) is 3.32. The van der Waals surface area contributed by atoms with Crippen molar-refractivity contribution in [1.82, 2.24) is 9.97 Å². The molecule has 0 radical (unpaired) electrons. The Hall–Kier alpha value is -2.82. The Morgan fingerprint density at radius 2 is 2.10 bits per heavy atom. The molecule has 4 aromatic rings. The summed E-state index contributed by atoms with van der Waals surface area (Å²) in [5, 5.41) is 0. The van der Waals surface area contributed by atoms with Gasteiger partial charge in [-0.15, -0.1) is 0 Å². The minimum Gasteiger partial charge on any atom is -0.436 e. The summed E-state index contributed by atoms with van der Waals surface area (Å²) in [7, 11) is 0. The van der Waals surface area contributed by atoms with Crippen LogP contribution in [0, 0.1) is 6.92 Å². The number of nitrogens with one attached hydrogen (secondary N) is 2. The topological polar surface area (TPSA) is 82.0 Å². The van der Waals surface area contributed by atoms with Gasteiger partial charge in [0.15, 0.2) is 16.6 Å². The minimum atomic E-state index is 0.597. The normalized spacial score (nSPS) is 11.4. The Kier molecular flexibility index (Phi) is 2.12. The number of nitrogen functional groups attached to an aromatic ring is 1. The number of anilines is 1. The van der Waals surface area contributed by atoms with Crippen LogP contribution in [0.15, 0.2) is 40.8 Å². The van der Waals surface area contributed by atoms with E-state index in [-0.39, 0.29) is 0 Å². The number of hydrogen-bond donors (Lipinski definition) is 2. The van der Waals surface area contributed by atoms with Crippen molar-refractivity contribution in [1.29, 1.82) is 0 Å². The first kappa shape index (κ1) is 11.0. The lowest BCUT2D eigenvalue weighted by Gasteiger charge is -1.92. The van der Waals surface area contributed by atoms with Crippen molar-refractivity contribution in [3.63, 3.8) is 0 Å². The van der Waals surface area contributed by atoms with Crippen molar-refractivity contribution >= 4 is 27.8 Å². The van der Waals surface area contributed by atoms with Gasteiger partial charge in [0.05, 0.1) is 0 Å². The fraction of sp³-hybridized carbons (Fsp3) is 0.0667. The van der Waals surface area contributed by atoms with Crippen LogP contribution in [0.3, 0.4) is 0 Å². The highest BCUT2D eigenvalue weighted by Crippen LogP contribution is 2.26. The van der Waals surface area contributed by atoms with Crippen LogP contribution in [0.1, 0.15) is 5.82 Å². The molecule has 98 valence electrons. The van der Waals surface area contributed by atoms with Crippen LogP contribution in [-0.2, 0) is 0 Å². The van der Waals surface area contributed by atoms with Crippen LogP contribution in [0.4, 0.5) is 5.69 Å². The summed E-state index contributed by atoms with van der Waals surface area (Å²) in [6.07, 6.45) is 0. The van der Waals surface area contributed by atoms with Crippen molar-refractivity contribution in [3.8, 4) is 11.5 Å². The average molecular weight is 265 g/mol. The molecule has 2 heterocycles. The molecule has 0 aliphatic rings. The van der Waals surface area contributed by atoms with Crippen LogP contribution >= 0.6 is 0 Å².